The summed E-state index contributed by atoms with van der Waals surface area (Å²) in [6.45, 7) is 1.84. The van der Waals surface area contributed by atoms with E-state index >= 15 is 0 Å². The summed E-state index contributed by atoms with van der Waals surface area (Å²) in [6, 6.07) is 21.4. The van der Waals surface area contributed by atoms with Gasteiger partial charge in [0.1, 0.15) is 0 Å². The van der Waals surface area contributed by atoms with Crippen molar-refractivity contribution in [2.24, 2.45) is 0 Å². The minimum atomic E-state index is 0.188. The Kier molecular flexibility index (Phi) is 6.49. The Bertz CT molecular complexity index is 642. The minimum Gasteiger partial charge on any atom is -0.367 e. The maximum Gasteiger partial charge on any atom is 0.220 e. The highest BCUT2D eigenvalue weighted by Crippen LogP contribution is 2.24. The van der Waals surface area contributed by atoms with E-state index in [1.165, 1.54) is 17.7 Å². The molecule has 1 amide bonds. The predicted molar refractivity (Wildman–Crippen MR) is 104 cm³/mol. The number of amides is 1. The first-order valence-electron chi connectivity index (χ1n) is 9.45. The van der Waals surface area contributed by atoms with Crippen molar-refractivity contribution in [2.45, 2.75) is 44.6 Å². The zero-order valence-electron chi connectivity index (χ0n) is 14.9. The van der Waals surface area contributed by atoms with E-state index in [4.69, 9.17) is 0 Å². The van der Waals surface area contributed by atoms with E-state index in [9.17, 15) is 4.79 Å². The van der Waals surface area contributed by atoms with Gasteiger partial charge in [-0.05, 0) is 49.8 Å². The zero-order valence-corrected chi connectivity index (χ0v) is 14.9. The van der Waals surface area contributed by atoms with Crippen LogP contribution in [0.5, 0.6) is 0 Å². The van der Waals surface area contributed by atoms with Crippen molar-refractivity contribution in [2.75, 3.05) is 18.0 Å². The van der Waals surface area contributed by atoms with Gasteiger partial charge in [-0.3, -0.25) is 4.79 Å². The summed E-state index contributed by atoms with van der Waals surface area (Å²) >= 11 is 0. The molecule has 1 aliphatic heterocycles. The quantitative estimate of drug-likeness (QED) is 0.733. The van der Waals surface area contributed by atoms with Crippen LogP contribution in [-0.2, 0) is 11.2 Å². The number of benzene rings is 2. The zero-order chi connectivity index (χ0) is 17.3. The molecule has 132 valence electrons. The second-order valence-electron chi connectivity index (χ2n) is 6.82. The number of nitrogens with zero attached hydrogens (tertiary/aromatic N) is 1. The standard InChI is InChI=1S/C22H28N2O/c25-22(16-8-7-12-19-10-3-1-4-11-19)23-18-21-15-9-17-24(21)20-13-5-2-6-14-20/h1-6,10-11,13-14,21H,7-9,12,15-18H2,(H,23,25). The molecular formula is C22H28N2O. The van der Waals surface area contributed by atoms with Crippen LogP contribution in [0.4, 0.5) is 5.69 Å². The first kappa shape index (κ1) is 17.5. The van der Waals surface area contributed by atoms with Gasteiger partial charge < -0.3 is 10.2 Å². The maximum atomic E-state index is 12.1. The van der Waals surface area contributed by atoms with Crippen LogP contribution in [0, 0.1) is 0 Å². The fourth-order valence-electron chi connectivity index (χ4n) is 3.59. The lowest BCUT2D eigenvalue weighted by Gasteiger charge is -2.27. The largest absolute Gasteiger partial charge is 0.367 e. The molecule has 1 unspecified atom stereocenters. The number of carbonyl (C=O) groups is 1. The minimum absolute atomic E-state index is 0.188. The summed E-state index contributed by atoms with van der Waals surface area (Å²) < 4.78 is 0. The van der Waals surface area contributed by atoms with Crippen molar-refractivity contribution in [1.29, 1.82) is 0 Å². The van der Waals surface area contributed by atoms with E-state index in [2.05, 4.69) is 58.7 Å². The van der Waals surface area contributed by atoms with Crippen LogP contribution in [0.15, 0.2) is 60.7 Å². The Balaban J connectivity index is 1.36. The van der Waals surface area contributed by atoms with Crippen LogP contribution < -0.4 is 10.2 Å². The van der Waals surface area contributed by atoms with Crippen molar-refractivity contribution >= 4 is 11.6 Å². The monoisotopic (exact) mass is 336 g/mol. The van der Waals surface area contributed by atoms with E-state index in [1.54, 1.807) is 0 Å². The molecule has 3 nitrogen and oxygen atoms in total. The molecule has 25 heavy (non-hydrogen) atoms. The molecule has 2 aromatic rings. The fourth-order valence-corrected chi connectivity index (χ4v) is 3.59. The molecule has 0 aromatic heterocycles. The molecule has 1 saturated heterocycles. The second-order valence-corrected chi connectivity index (χ2v) is 6.82. The highest BCUT2D eigenvalue weighted by atomic mass is 16.1. The summed E-state index contributed by atoms with van der Waals surface area (Å²) in [6.07, 6.45) is 6.06. The van der Waals surface area contributed by atoms with Gasteiger partial charge in [-0.25, -0.2) is 0 Å². The molecule has 0 spiro atoms. The molecule has 1 N–H and O–H groups in total. The summed E-state index contributed by atoms with van der Waals surface area (Å²) in [5, 5.41) is 3.14. The Labute approximate surface area is 151 Å². The van der Waals surface area contributed by atoms with Gasteiger partial charge in [-0.15, -0.1) is 0 Å². The number of anilines is 1. The van der Waals surface area contributed by atoms with Gasteiger partial charge >= 0.3 is 0 Å². The summed E-state index contributed by atoms with van der Waals surface area (Å²) in [7, 11) is 0. The third-order valence-corrected chi connectivity index (χ3v) is 4.96. The third kappa shape index (κ3) is 5.35. The average Bonchev–Trinajstić information content (AvgIpc) is 3.14. The lowest BCUT2D eigenvalue weighted by Crippen LogP contribution is -2.40. The van der Waals surface area contributed by atoms with Gasteiger partial charge in [0.05, 0.1) is 0 Å². The summed E-state index contributed by atoms with van der Waals surface area (Å²) in [5.74, 6) is 0.188. The van der Waals surface area contributed by atoms with Crippen molar-refractivity contribution < 1.29 is 4.79 Å². The molecule has 1 fully saturated rings. The maximum absolute atomic E-state index is 12.1. The van der Waals surface area contributed by atoms with E-state index < -0.39 is 0 Å². The van der Waals surface area contributed by atoms with E-state index in [1.807, 2.05) is 12.1 Å². The van der Waals surface area contributed by atoms with Crippen LogP contribution in [0.3, 0.4) is 0 Å². The number of para-hydroxylation sites is 1. The lowest BCUT2D eigenvalue weighted by atomic mass is 10.1. The number of hydrogen-bond acceptors (Lipinski definition) is 2. The predicted octanol–water partition coefficient (Wildman–Crippen LogP) is 4.18. The van der Waals surface area contributed by atoms with Crippen molar-refractivity contribution in [3.8, 4) is 0 Å². The van der Waals surface area contributed by atoms with Crippen LogP contribution in [0.2, 0.25) is 0 Å². The molecule has 3 heteroatoms. The first-order valence-corrected chi connectivity index (χ1v) is 9.45. The van der Waals surface area contributed by atoms with Gasteiger partial charge in [0.25, 0.3) is 0 Å². The van der Waals surface area contributed by atoms with E-state index in [-0.39, 0.29) is 5.91 Å². The van der Waals surface area contributed by atoms with Gasteiger partial charge in [0.15, 0.2) is 0 Å². The molecule has 0 radical (unpaired) electrons. The smallest absolute Gasteiger partial charge is 0.220 e. The average molecular weight is 336 g/mol. The van der Waals surface area contributed by atoms with Gasteiger partial charge in [-0.1, -0.05) is 48.5 Å². The van der Waals surface area contributed by atoms with Crippen LogP contribution >= 0.6 is 0 Å². The number of unbranched alkanes of at least 4 members (excludes halogenated alkanes) is 1. The van der Waals surface area contributed by atoms with E-state index in [0.717, 1.165) is 38.8 Å². The van der Waals surface area contributed by atoms with E-state index in [0.29, 0.717) is 12.5 Å². The van der Waals surface area contributed by atoms with Crippen molar-refractivity contribution in [3.05, 3.63) is 66.2 Å². The molecule has 0 aliphatic carbocycles. The Hall–Kier alpha value is -2.29. The van der Waals surface area contributed by atoms with Crippen LogP contribution in [0.25, 0.3) is 0 Å². The Morgan fingerprint density at radius 1 is 1.00 bits per heavy atom. The summed E-state index contributed by atoms with van der Waals surface area (Å²) in [5.41, 5.74) is 2.62. The van der Waals surface area contributed by atoms with Crippen molar-refractivity contribution in [3.63, 3.8) is 0 Å². The fraction of sp³-hybridized carbons (Fsp3) is 0.409. The Morgan fingerprint density at radius 3 is 2.48 bits per heavy atom. The number of hydrogen-bond donors (Lipinski definition) is 1. The third-order valence-electron chi connectivity index (χ3n) is 4.96. The van der Waals surface area contributed by atoms with Gasteiger partial charge in [0, 0.05) is 31.2 Å². The summed E-state index contributed by atoms with van der Waals surface area (Å²) in [4.78, 5) is 14.6. The molecule has 1 heterocycles. The molecule has 0 bridgehead atoms. The number of carbonyl (C=O) groups excluding carboxylic acids is 1. The first-order chi connectivity index (χ1) is 12.3. The van der Waals surface area contributed by atoms with Crippen molar-refractivity contribution in [1.82, 2.24) is 5.32 Å². The van der Waals surface area contributed by atoms with Gasteiger partial charge in [-0.2, -0.15) is 0 Å². The molecule has 0 saturated carbocycles. The number of aryl methyl sites for hydroxylation is 1. The number of rotatable bonds is 8. The normalized spacial score (nSPS) is 16.8. The van der Waals surface area contributed by atoms with Gasteiger partial charge in [0.2, 0.25) is 5.91 Å². The SMILES string of the molecule is O=C(CCCCc1ccccc1)NCC1CCCN1c1ccccc1. The van der Waals surface area contributed by atoms with Crippen LogP contribution in [0.1, 0.15) is 37.7 Å². The molecule has 3 rings (SSSR count). The van der Waals surface area contributed by atoms with Crippen LogP contribution in [-0.4, -0.2) is 25.0 Å². The highest BCUT2D eigenvalue weighted by Gasteiger charge is 2.24. The number of nitrogens with one attached hydrogen (secondary N) is 1. The highest BCUT2D eigenvalue weighted by molar-refractivity contribution is 5.75. The molecule has 2 aromatic carbocycles. The molecular weight excluding hydrogens is 308 g/mol. The molecule has 1 atom stereocenters. The topological polar surface area (TPSA) is 32.3 Å². The second kappa shape index (κ2) is 9.26. The Morgan fingerprint density at radius 2 is 1.72 bits per heavy atom. The lowest BCUT2D eigenvalue weighted by molar-refractivity contribution is -0.121. The molecule has 1 aliphatic rings.